The molecule has 2 unspecified atom stereocenters. The van der Waals surface area contributed by atoms with Gasteiger partial charge in [0.15, 0.2) is 5.41 Å². The van der Waals surface area contributed by atoms with Gasteiger partial charge in [-0.25, -0.2) is 14.4 Å². The summed E-state index contributed by atoms with van der Waals surface area (Å²) in [7, 11) is 1.46. The number of amides is 9. The number of urea groups is 3. The van der Waals surface area contributed by atoms with Gasteiger partial charge in [0.1, 0.15) is 0 Å². The zero-order valence-corrected chi connectivity index (χ0v) is 37.2. The molecule has 0 aromatic heterocycles. The van der Waals surface area contributed by atoms with Crippen LogP contribution >= 0.6 is 0 Å². The Morgan fingerprint density at radius 3 is 1.71 bits per heavy atom. The summed E-state index contributed by atoms with van der Waals surface area (Å²) in [4.78, 5) is 81.6. The minimum atomic E-state index is -1.31. The van der Waals surface area contributed by atoms with Crippen molar-refractivity contribution in [2.75, 3.05) is 18.6 Å². The first-order chi connectivity index (χ1) is 31.4. The van der Waals surface area contributed by atoms with Crippen LogP contribution in [0.5, 0.6) is 0 Å². The van der Waals surface area contributed by atoms with E-state index < -0.39 is 41.2 Å². The molecule has 15 nitrogen and oxygen atoms in total. The molecule has 0 bridgehead atoms. The number of carbonyl (C=O) groups excluding carboxylic acids is 7. The number of rotatable bonds is 7. The van der Waals surface area contributed by atoms with Crippen LogP contribution in [0.4, 0.5) is 25.8 Å². The van der Waals surface area contributed by atoms with Crippen LogP contribution in [0, 0.1) is 0 Å². The van der Waals surface area contributed by atoms with E-state index in [2.05, 4.69) is 16.0 Å². The first-order valence-corrected chi connectivity index (χ1v) is 21.1. The van der Waals surface area contributed by atoms with Gasteiger partial charge in [-0.15, -0.1) is 0 Å². The summed E-state index contributed by atoms with van der Waals surface area (Å²) >= 11 is 0. The Hall–Kier alpha value is -7.31. The maximum absolute atomic E-state index is 12.0. The summed E-state index contributed by atoms with van der Waals surface area (Å²) in [5.41, 5.74) is 15.0. The van der Waals surface area contributed by atoms with Gasteiger partial charge in [0.25, 0.3) is 0 Å². The topological polar surface area (TPSA) is 232 Å². The van der Waals surface area contributed by atoms with Crippen LogP contribution in [0.1, 0.15) is 67.8 Å². The molecule has 8 rings (SSSR count). The minimum absolute atomic E-state index is 0. The van der Waals surface area contributed by atoms with Gasteiger partial charge in [0, 0.05) is 6.04 Å². The van der Waals surface area contributed by atoms with Crippen molar-refractivity contribution in [2.24, 2.45) is 11.5 Å². The average molecular weight is 888 g/mol. The van der Waals surface area contributed by atoms with Crippen molar-refractivity contribution >= 4 is 65.3 Å². The van der Waals surface area contributed by atoms with E-state index in [9.17, 15) is 33.6 Å². The van der Waals surface area contributed by atoms with E-state index in [4.69, 9.17) is 16.2 Å². The molecule has 5 aromatic carbocycles. The average Bonchev–Trinajstić information content (AvgIpc) is 3.48. The third-order valence-electron chi connectivity index (χ3n) is 10.9. The number of nitrogens with two attached hydrogens (primary N) is 2. The quantitative estimate of drug-likeness (QED) is 0.0794. The number of primary amides is 2. The fourth-order valence-electron chi connectivity index (χ4n) is 7.72. The largest absolute Gasteiger partial charge is 1.00 e. The molecule has 0 spiro atoms. The zero-order valence-electron chi connectivity index (χ0n) is 38.2. The number of anilines is 2. The third-order valence-corrected chi connectivity index (χ3v) is 10.9. The minimum Gasteiger partial charge on any atom is -1.00 e. The third kappa shape index (κ3) is 13.4. The number of ether oxygens (including phenoxy) is 1. The second-order valence-electron chi connectivity index (χ2n) is 15.0. The number of hydrogen-bond acceptors (Lipinski definition) is 9. The molecule has 2 atom stereocenters. The number of para-hydroxylation sites is 2. The van der Waals surface area contributed by atoms with Crippen molar-refractivity contribution in [3.8, 4) is 0 Å². The Labute approximate surface area is 397 Å². The molecular formula is C50H54LiN7O8. The van der Waals surface area contributed by atoms with Crippen LogP contribution in [0.2, 0.25) is 0 Å². The van der Waals surface area contributed by atoms with E-state index in [0.29, 0.717) is 12.0 Å². The molecule has 8 N–H and O–H groups in total. The zero-order chi connectivity index (χ0) is 46.8. The summed E-state index contributed by atoms with van der Waals surface area (Å²) in [6.45, 7) is 2.73. The molecule has 0 radical (unpaired) electrons. The molecule has 5 aromatic rings. The number of piperidine rings is 1. The van der Waals surface area contributed by atoms with E-state index in [1.165, 1.54) is 20.0 Å². The van der Waals surface area contributed by atoms with Crippen molar-refractivity contribution in [1.82, 2.24) is 21.3 Å². The van der Waals surface area contributed by atoms with Gasteiger partial charge < -0.3 is 22.9 Å². The Kier molecular flexibility index (Phi) is 19.6. The number of benzene rings is 5. The molecule has 0 aliphatic carbocycles. The molecule has 3 heterocycles. The molecular weight excluding hydrogens is 834 g/mol. The Balaban J connectivity index is 0.000000236. The van der Waals surface area contributed by atoms with Gasteiger partial charge in [0.2, 0.25) is 17.7 Å². The van der Waals surface area contributed by atoms with E-state index in [1.54, 1.807) is 54.3 Å². The fourth-order valence-corrected chi connectivity index (χ4v) is 7.72. The van der Waals surface area contributed by atoms with Crippen molar-refractivity contribution in [2.45, 2.75) is 56.4 Å². The number of nitrogens with one attached hydrogen (secondary N) is 4. The van der Waals surface area contributed by atoms with E-state index in [0.717, 1.165) is 46.6 Å². The van der Waals surface area contributed by atoms with Crippen LogP contribution in [0.3, 0.4) is 0 Å². The van der Waals surface area contributed by atoms with Crippen LogP contribution in [-0.2, 0) is 35.8 Å². The Morgan fingerprint density at radius 1 is 0.742 bits per heavy atom. The number of esters is 1. The number of nitrogens with zero attached hydrogens (tertiary/aromatic N) is 1. The Morgan fingerprint density at radius 2 is 1.24 bits per heavy atom. The monoisotopic (exact) mass is 887 g/mol. The van der Waals surface area contributed by atoms with Gasteiger partial charge in [-0.3, -0.25) is 40.0 Å². The Bertz CT molecular complexity index is 2420. The maximum atomic E-state index is 12.0. The summed E-state index contributed by atoms with van der Waals surface area (Å²) in [6, 6.07) is 41.3. The first kappa shape index (κ1) is 51.3. The van der Waals surface area contributed by atoms with Crippen LogP contribution in [0.25, 0.3) is 12.2 Å². The SMILES string of the molecule is CCC1(c2ccccc2)C(=O)NC(=O)NC1=O.COC(=O)C(c1ccccc1)C1CCCCN1.NC(=O)N1c2ccccc2C=Cc2ccccc21.NC(=O)NC(=O)Cc1ccccc1.[H-].[Li+]. The molecule has 16 heteroatoms. The summed E-state index contributed by atoms with van der Waals surface area (Å²) < 4.78 is 4.94. The normalized spacial score (nSPS) is 15.6. The second-order valence-corrected chi connectivity index (χ2v) is 15.0. The van der Waals surface area contributed by atoms with Crippen LogP contribution < -0.4 is 56.5 Å². The van der Waals surface area contributed by atoms with Gasteiger partial charge in [-0.1, -0.05) is 153 Å². The van der Waals surface area contributed by atoms with Gasteiger partial charge in [0.05, 0.1) is 30.8 Å². The van der Waals surface area contributed by atoms with Crippen molar-refractivity contribution in [3.05, 3.63) is 167 Å². The number of methoxy groups -OCH3 is 1. The van der Waals surface area contributed by atoms with E-state index in [1.807, 2.05) is 115 Å². The molecule has 9 amide bonds. The van der Waals surface area contributed by atoms with Gasteiger partial charge in [-0.2, -0.15) is 0 Å². The molecule has 2 fully saturated rings. The van der Waals surface area contributed by atoms with E-state index >= 15 is 0 Å². The van der Waals surface area contributed by atoms with Crippen molar-refractivity contribution in [3.63, 3.8) is 0 Å². The molecule has 338 valence electrons. The summed E-state index contributed by atoms with van der Waals surface area (Å²) in [5, 5.41) is 9.70. The van der Waals surface area contributed by atoms with Crippen molar-refractivity contribution in [1.29, 1.82) is 0 Å². The number of imide groups is 3. The maximum Gasteiger partial charge on any atom is 1.00 e. The number of carbonyl (C=O) groups is 7. The number of barbiturate groups is 1. The fraction of sp³-hybridized carbons (Fsp3) is 0.220. The molecule has 2 saturated heterocycles. The van der Waals surface area contributed by atoms with Crippen LogP contribution in [0.15, 0.2) is 140 Å². The van der Waals surface area contributed by atoms with Gasteiger partial charge in [-0.05, 0) is 65.8 Å². The smallest absolute Gasteiger partial charge is 1.00 e. The second kappa shape index (κ2) is 25.2. The predicted octanol–water partition coefficient (Wildman–Crippen LogP) is 3.71. The summed E-state index contributed by atoms with van der Waals surface area (Å²) in [5.74, 6) is -1.85. The van der Waals surface area contributed by atoms with Gasteiger partial charge >= 0.3 is 42.9 Å². The number of hydrogen-bond donors (Lipinski definition) is 6. The molecule has 66 heavy (non-hydrogen) atoms. The molecule has 0 saturated carbocycles. The predicted molar refractivity (Wildman–Crippen MR) is 249 cm³/mol. The van der Waals surface area contributed by atoms with E-state index in [-0.39, 0.29) is 44.6 Å². The summed E-state index contributed by atoms with van der Waals surface area (Å²) in [6.07, 6.45) is 7.87. The molecule has 3 aliphatic heterocycles. The molecule has 3 aliphatic rings. The standard InChI is InChI=1S/C15H12N2O.C14H19NO2.C12H12N2O3.C9H10N2O2.Li.H/c16-15(18)17-13-7-3-1-5-11(13)9-10-12-6-2-4-8-14(12)17;1-17-14(16)13(11-7-3-2-4-8-11)12-9-5-6-10-15-12;1-2-12(8-6-4-3-5-7-8)9(15)13-11(17)14-10(12)16;10-9(13)11-8(12)6-7-4-2-1-3-5-7;;/h1-10H,(H2,16,18);2-4,7-8,12-13,15H,5-6,9-10H2,1H3;3-7H,2H2,1H3,(H2,13,14,15,16,17);1-5H,6H2,(H3,10,11,12,13);;/q;;;;+1;-1. The number of fused-ring (bicyclic) bond motifs is 2. The van der Waals surface area contributed by atoms with Crippen LogP contribution in [-0.4, -0.2) is 61.5 Å². The first-order valence-electron chi connectivity index (χ1n) is 21.1. The van der Waals surface area contributed by atoms with Crippen molar-refractivity contribution < 1.29 is 58.6 Å².